The Morgan fingerprint density at radius 2 is 1.85 bits per heavy atom. The molecule has 1 amide bonds. The van der Waals surface area contributed by atoms with Gasteiger partial charge in [0.1, 0.15) is 0 Å². The van der Waals surface area contributed by atoms with E-state index >= 15 is 0 Å². The van der Waals surface area contributed by atoms with Crippen molar-refractivity contribution in [2.45, 2.75) is 19.8 Å². The van der Waals surface area contributed by atoms with Gasteiger partial charge in [0, 0.05) is 30.6 Å². The summed E-state index contributed by atoms with van der Waals surface area (Å²) in [6.45, 7) is 3.01. The second-order valence-electron chi connectivity index (χ2n) is 4.37. The van der Waals surface area contributed by atoms with E-state index in [2.05, 4.69) is 11.8 Å². The van der Waals surface area contributed by atoms with Crippen molar-refractivity contribution in [3.05, 3.63) is 35.4 Å². The molecule has 20 heavy (non-hydrogen) atoms. The predicted octanol–water partition coefficient (Wildman–Crippen LogP) is 1.27. The van der Waals surface area contributed by atoms with E-state index in [4.69, 9.17) is 10.2 Å². The van der Waals surface area contributed by atoms with Crippen molar-refractivity contribution in [1.29, 1.82) is 0 Å². The average Bonchev–Trinajstić information content (AvgIpc) is 2.47. The summed E-state index contributed by atoms with van der Waals surface area (Å²) >= 11 is 0. The molecule has 108 valence electrons. The SMILES string of the molecule is CCCN(CCO)C(=O)c1ccc(C#CCCO)cc1. The maximum absolute atomic E-state index is 12.2. The Bertz CT molecular complexity index is 465. The quantitative estimate of drug-likeness (QED) is 0.769. The number of carbonyl (C=O) groups is 1. The Labute approximate surface area is 120 Å². The monoisotopic (exact) mass is 275 g/mol. The molecule has 0 saturated heterocycles. The third kappa shape index (κ3) is 5.04. The zero-order valence-corrected chi connectivity index (χ0v) is 11.8. The minimum Gasteiger partial charge on any atom is -0.395 e. The molecule has 0 aliphatic heterocycles. The Morgan fingerprint density at radius 1 is 1.15 bits per heavy atom. The molecule has 0 unspecified atom stereocenters. The lowest BCUT2D eigenvalue weighted by Gasteiger charge is -2.21. The molecule has 0 aliphatic carbocycles. The van der Waals surface area contributed by atoms with Crippen LogP contribution in [0.4, 0.5) is 0 Å². The van der Waals surface area contributed by atoms with Crippen molar-refractivity contribution >= 4 is 5.91 Å². The molecule has 0 spiro atoms. The summed E-state index contributed by atoms with van der Waals surface area (Å²) in [6.07, 6.45) is 1.30. The van der Waals surface area contributed by atoms with Crippen LogP contribution in [-0.4, -0.2) is 47.3 Å². The summed E-state index contributed by atoms with van der Waals surface area (Å²) in [5, 5.41) is 17.6. The van der Waals surface area contributed by atoms with E-state index in [0.29, 0.717) is 25.1 Å². The van der Waals surface area contributed by atoms with E-state index in [9.17, 15) is 4.79 Å². The van der Waals surface area contributed by atoms with Gasteiger partial charge in [0.05, 0.1) is 13.2 Å². The predicted molar refractivity (Wildman–Crippen MR) is 78.3 cm³/mol. The van der Waals surface area contributed by atoms with Crippen LogP contribution in [0.1, 0.15) is 35.7 Å². The summed E-state index contributed by atoms with van der Waals surface area (Å²) in [5.41, 5.74) is 1.42. The zero-order valence-electron chi connectivity index (χ0n) is 11.8. The van der Waals surface area contributed by atoms with E-state index < -0.39 is 0 Å². The molecule has 0 bridgehead atoms. The third-order valence-corrected chi connectivity index (χ3v) is 2.75. The van der Waals surface area contributed by atoms with Crippen LogP contribution in [0.15, 0.2) is 24.3 Å². The highest BCUT2D eigenvalue weighted by atomic mass is 16.3. The van der Waals surface area contributed by atoms with Crippen LogP contribution >= 0.6 is 0 Å². The Kier molecular flexibility index (Phi) is 7.41. The van der Waals surface area contributed by atoms with Gasteiger partial charge in [-0.05, 0) is 30.7 Å². The smallest absolute Gasteiger partial charge is 0.253 e. The van der Waals surface area contributed by atoms with Crippen molar-refractivity contribution < 1.29 is 15.0 Å². The number of aliphatic hydroxyl groups excluding tert-OH is 2. The molecule has 1 aromatic rings. The second kappa shape index (κ2) is 9.13. The molecule has 2 N–H and O–H groups in total. The maximum Gasteiger partial charge on any atom is 0.253 e. The van der Waals surface area contributed by atoms with Gasteiger partial charge in [0.15, 0.2) is 0 Å². The first-order valence-corrected chi connectivity index (χ1v) is 6.82. The van der Waals surface area contributed by atoms with E-state index in [0.717, 1.165) is 12.0 Å². The zero-order chi connectivity index (χ0) is 14.8. The average molecular weight is 275 g/mol. The highest BCUT2D eigenvalue weighted by Crippen LogP contribution is 2.08. The molecule has 0 heterocycles. The molecule has 1 rings (SSSR count). The molecule has 0 atom stereocenters. The van der Waals surface area contributed by atoms with Crippen LogP contribution < -0.4 is 0 Å². The Balaban J connectivity index is 2.76. The van der Waals surface area contributed by atoms with Gasteiger partial charge in [-0.2, -0.15) is 0 Å². The standard InChI is InChI=1S/C16H21NO3/c1-2-10-17(11-13-19)16(20)15-8-6-14(7-9-15)5-3-4-12-18/h6-9,18-19H,2,4,10-13H2,1H3. The topological polar surface area (TPSA) is 60.8 Å². The minimum absolute atomic E-state index is 0.0313. The van der Waals surface area contributed by atoms with Crippen molar-refractivity contribution in [2.24, 2.45) is 0 Å². The molecule has 1 aromatic carbocycles. The summed E-state index contributed by atoms with van der Waals surface area (Å²) in [6, 6.07) is 7.07. The highest BCUT2D eigenvalue weighted by molar-refractivity contribution is 5.94. The molecular formula is C16H21NO3. The summed E-state index contributed by atoms with van der Waals surface area (Å²) in [5.74, 6) is 5.68. The Hall–Kier alpha value is -1.83. The van der Waals surface area contributed by atoms with Gasteiger partial charge in [-0.25, -0.2) is 0 Å². The minimum atomic E-state index is -0.0734. The first kappa shape index (κ1) is 16.2. The van der Waals surface area contributed by atoms with E-state index in [1.165, 1.54) is 0 Å². The van der Waals surface area contributed by atoms with Crippen LogP contribution in [0.5, 0.6) is 0 Å². The number of rotatable bonds is 6. The first-order valence-electron chi connectivity index (χ1n) is 6.82. The number of aliphatic hydroxyl groups is 2. The van der Waals surface area contributed by atoms with Gasteiger partial charge in [0.25, 0.3) is 5.91 Å². The molecule has 0 radical (unpaired) electrons. The van der Waals surface area contributed by atoms with Crippen LogP contribution in [0.3, 0.4) is 0 Å². The van der Waals surface area contributed by atoms with Crippen LogP contribution in [0.25, 0.3) is 0 Å². The van der Waals surface area contributed by atoms with Gasteiger partial charge < -0.3 is 15.1 Å². The maximum atomic E-state index is 12.2. The number of carbonyl (C=O) groups excluding carboxylic acids is 1. The second-order valence-corrected chi connectivity index (χ2v) is 4.37. The summed E-state index contributed by atoms with van der Waals surface area (Å²) in [7, 11) is 0. The number of nitrogens with zero attached hydrogens (tertiary/aromatic N) is 1. The van der Waals surface area contributed by atoms with Crippen molar-refractivity contribution in [1.82, 2.24) is 4.90 Å². The normalized spacial score (nSPS) is 9.75. The number of hydrogen-bond donors (Lipinski definition) is 2. The lowest BCUT2D eigenvalue weighted by Crippen LogP contribution is -2.34. The van der Waals surface area contributed by atoms with Crippen LogP contribution in [0.2, 0.25) is 0 Å². The molecule has 0 saturated carbocycles. The highest BCUT2D eigenvalue weighted by Gasteiger charge is 2.13. The van der Waals surface area contributed by atoms with Gasteiger partial charge in [-0.1, -0.05) is 18.8 Å². The van der Waals surface area contributed by atoms with E-state index in [-0.39, 0.29) is 19.1 Å². The van der Waals surface area contributed by atoms with Gasteiger partial charge in [0.2, 0.25) is 0 Å². The van der Waals surface area contributed by atoms with Crippen LogP contribution in [0, 0.1) is 11.8 Å². The van der Waals surface area contributed by atoms with Gasteiger partial charge in [-0.15, -0.1) is 0 Å². The van der Waals surface area contributed by atoms with E-state index in [1.54, 1.807) is 29.2 Å². The van der Waals surface area contributed by atoms with Crippen molar-refractivity contribution in [3.63, 3.8) is 0 Å². The lowest BCUT2D eigenvalue weighted by atomic mass is 10.1. The van der Waals surface area contributed by atoms with Crippen LogP contribution in [-0.2, 0) is 0 Å². The third-order valence-electron chi connectivity index (χ3n) is 2.75. The molecule has 0 aliphatic rings. The van der Waals surface area contributed by atoms with Crippen molar-refractivity contribution in [2.75, 3.05) is 26.3 Å². The van der Waals surface area contributed by atoms with Gasteiger partial charge >= 0.3 is 0 Å². The van der Waals surface area contributed by atoms with Gasteiger partial charge in [-0.3, -0.25) is 4.79 Å². The number of amides is 1. The fourth-order valence-corrected chi connectivity index (χ4v) is 1.80. The van der Waals surface area contributed by atoms with Crippen molar-refractivity contribution in [3.8, 4) is 11.8 Å². The first-order chi connectivity index (χ1) is 9.72. The molecule has 4 nitrogen and oxygen atoms in total. The lowest BCUT2D eigenvalue weighted by molar-refractivity contribution is 0.0722. The fraction of sp³-hybridized carbons (Fsp3) is 0.438. The fourth-order valence-electron chi connectivity index (χ4n) is 1.80. The molecular weight excluding hydrogens is 254 g/mol. The van der Waals surface area contributed by atoms with E-state index in [1.807, 2.05) is 6.92 Å². The number of benzene rings is 1. The molecule has 4 heteroatoms. The molecule has 0 aromatic heterocycles. The number of hydrogen-bond acceptors (Lipinski definition) is 3. The summed E-state index contributed by atoms with van der Waals surface area (Å²) in [4.78, 5) is 13.9. The largest absolute Gasteiger partial charge is 0.395 e. The molecule has 0 fully saturated rings. The Morgan fingerprint density at radius 3 is 2.40 bits per heavy atom. The summed E-state index contributed by atoms with van der Waals surface area (Å²) < 4.78 is 0.